The summed E-state index contributed by atoms with van der Waals surface area (Å²) < 4.78 is 4.44. The van der Waals surface area contributed by atoms with E-state index in [1.165, 1.54) is 50.2 Å². The van der Waals surface area contributed by atoms with Crippen molar-refractivity contribution in [2.75, 3.05) is 0 Å². The third kappa shape index (κ3) is 7.96. The molecule has 4 heteroatoms. The molecule has 0 saturated carbocycles. The second kappa shape index (κ2) is 16.6. The molecule has 4 aromatic carbocycles. The van der Waals surface area contributed by atoms with Crippen molar-refractivity contribution < 1.29 is 0 Å². The minimum atomic E-state index is -0.153. The van der Waals surface area contributed by atoms with Gasteiger partial charge in [0, 0.05) is 43.0 Å². The fraction of sp³-hybridized carbons (Fsp3) is 0.333. The molecule has 0 aliphatic heterocycles. The Morgan fingerprint density at radius 3 is 1.73 bits per heavy atom. The van der Waals surface area contributed by atoms with Gasteiger partial charge in [-0.2, -0.15) is 0 Å². The lowest BCUT2D eigenvalue weighted by atomic mass is 9.76. The van der Waals surface area contributed by atoms with E-state index in [1.54, 1.807) is 0 Å². The maximum absolute atomic E-state index is 5.03. The summed E-state index contributed by atoms with van der Waals surface area (Å²) in [7, 11) is 2.06. The first-order chi connectivity index (χ1) is 23.7. The molecule has 0 aliphatic carbocycles. The molecule has 0 unspecified atom stereocenters. The highest BCUT2D eigenvalue weighted by Crippen LogP contribution is 2.40. The van der Waals surface area contributed by atoms with Gasteiger partial charge in [-0.3, -0.25) is 4.57 Å². The van der Waals surface area contributed by atoms with E-state index in [1.807, 2.05) is 46.3 Å². The van der Waals surface area contributed by atoms with Gasteiger partial charge in [0.25, 0.3) is 0 Å². The van der Waals surface area contributed by atoms with Crippen LogP contribution in [0.3, 0.4) is 0 Å². The van der Waals surface area contributed by atoms with Crippen LogP contribution in [0.5, 0.6) is 0 Å². The van der Waals surface area contributed by atoms with E-state index in [9.17, 15) is 0 Å². The van der Waals surface area contributed by atoms with E-state index < -0.39 is 0 Å². The van der Waals surface area contributed by atoms with Crippen molar-refractivity contribution in [3.8, 4) is 39.6 Å². The fourth-order valence-electron chi connectivity index (χ4n) is 6.68. The number of aromatic nitrogens is 4. The molecule has 0 atom stereocenters. The molecule has 4 nitrogen and oxygen atoms in total. The Hall–Kier alpha value is -4.70. The first-order valence-electron chi connectivity index (χ1n) is 18.1. The molecule has 6 aromatic rings. The predicted octanol–water partition coefficient (Wildman–Crippen LogP) is 12.4. The summed E-state index contributed by atoms with van der Waals surface area (Å²) in [6.07, 6.45) is 8.84. The van der Waals surface area contributed by atoms with Crippen molar-refractivity contribution in [3.05, 3.63) is 138 Å². The summed E-state index contributed by atoms with van der Waals surface area (Å²) in [5.74, 6) is 2.65. The summed E-state index contributed by atoms with van der Waals surface area (Å²) in [6.45, 7) is 21.9. The van der Waals surface area contributed by atoms with E-state index in [0.29, 0.717) is 11.8 Å². The summed E-state index contributed by atoms with van der Waals surface area (Å²) in [5.41, 5.74) is 11.2. The van der Waals surface area contributed by atoms with Crippen LogP contribution in [-0.4, -0.2) is 19.1 Å². The van der Waals surface area contributed by atoms with Crippen LogP contribution in [0, 0.1) is 0 Å². The maximum Gasteiger partial charge on any atom is 0.144 e. The summed E-state index contributed by atoms with van der Waals surface area (Å²) in [5, 5.41) is 0. The third-order valence-corrected chi connectivity index (χ3v) is 9.01. The largest absolute Gasteiger partial charge is 0.334 e. The molecular weight excluding hydrogens is 597 g/mol. The van der Waals surface area contributed by atoms with Gasteiger partial charge in [-0.1, -0.05) is 148 Å². The molecule has 0 spiro atoms. The van der Waals surface area contributed by atoms with E-state index in [0.717, 1.165) is 18.1 Å². The van der Waals surface area contributed by atoms with Gasteiger partial charge in [-0.15, -0.1) is 0 Å². The molecule has 0 aliphatic rings. The highest BCUT2D eigenvalue weighted by atomic mass is 15.1. The maximum atomic E-state index is 5.03. The van der Waals surface area contributed by atoms with Crippen molar-refractivity contribution in [1.29, 1.82) is 0 Å². The van der Waals surface area contributed by atoms with E-state index in [4.69, 9.17) is 9.97 Å². The van der Waals surface area contributed by atoms with Crippen molar-refractivity contribution in [1.82, 2.24) is 19.1 Å². The molecule has 6 rings (SSSR count). The van der Waals surface area contributed by atoms with Crippen LogP contribution in [-0.2, 0) is 18.9 Å². The number of hydrogen-bond donors (Lipinski definition) is 0. The van der Waals surface area contributed by atoms with Gasteiger partial charge in [0.1, 0.15) is 11.6 Å². The molecule has 0 saturated heterocycles. The van der Waals surface area contributed by atoms with Crippen LogP contribution in [0.1, 0.15) is 103 Å². The highest BCUT2D eigenvalue weighted by molar-refractivity contribution is 5.72. The predicted molar refractivity (Wildman–Crippen MR) is 211 cm³/mol. The first kappa shape index (κ1) is 37.1. The van der Waals surface area contributed by atoms with Crippen LogP contribution < -0.4 is 0 Å². The Bertz CT molecular complexity index is 1890. The van der Waals surface area contributed by atoms with Crippen molar-refractivity contribution in [2.24, 2.45) is 7.05 Å². The van der Waals surface area contributed by atoms with E-state index in [2.05, 4.69) is 155 Å². The number of aryl methyl sites for hydroxylation is 1. The Balaban J connectivity index is 0.00000130. The van der Waals surface area contributed by atoms with Crippen LogP contribution in [0.15, 0.2) is 116 Å². The monoisotopic (exact) mass is 652 g/mol. The van der Waals surface area contributed by atoms with Gasteiger partial charge < -0.3 is 4.57 Å². The molecule has 2 aromatic heterocycles. The van der Waals surface area contributed by atoms with Gasteiger partial charge >= 0.3 is 0 Å². The zero-order valence-corrected chi connectivity index (χ0v) is 31.6. The number of hydrogen-bond acceptors (Lipinski definition) is 2. The van der Waals surface area contributed by atoms with E-state index in [-0.39, 0.29) is 5.41 Å². The van der Waals surface area contributed by atoms with Crippen molar-refractivity contribution >= 4 is 0 Å². The first-order valence-corrected chi connectivity index (χ1v) is 18.1. The minimum absolute atomic E-state index is 0.153. The van der Waals surface area contributed by atoms with Crippen LogP contribution in [0.4, 0.5) is 0 Å². The Morgan fingerprint density at radius 2 is 1.14 bits per heavy atom. The molecule has 0 N–H and O–H groups in total. The van der Waals surface area contributed by atoms with Crippen molar-refractivity contribution in [2.45, 2.75) is 92.9 Å². The summed E-state index contributed by atoms with van der Waals surface area (Å²) in [4.78, 5) is 9.72. The lowest BCUT2D eigenvalue weighted by Crippen LogP contribution is -2.22. The Labute approximate surface area is 295 Å². The van der Waals surface area contributed by atoms with Crippen LogP contribution in [0.2, 0.25) is 0 Å². The zero-order chi connectivity index (χ0) is 35.7. The highest BCUT2D eigenvalue weighted by Gasteiger charge is 2.28. The van der Waals surface area contributed by atoms with Crippen molar-refractivity contribution in [3.63, 3.8) is 0 Å². The molecule has 49 heavy (non-hydrogen) atoms. The average molecular weight is 653 g/mol. The van der Waals surface area contributed by atoms with Crippen LogP contribution in [0.25, 0.3) is 39.6 Å². The van der Waals surface area contributed by atoms with Gasteiger partial charge in [0.15, 0.2) is 0 Å². The molecule has 2 heterocycles. The second-order valence-electron chi connectivity index (χ2n) is 13.4. The lowest BCUT2D eigenvalue weighted by molar-refractivity contribution is 0.523. The van der Waals surface area contributed by atoms with Gasteiger partial charge in [0.2, 0.25) is 0 Å². The molecular formula is C45H56N4. The summed E-state index contributed by atoms with van der Waals surface area (Å²) >= 11 is 0. The van der Waals surface area contributed by atoms with E-state index >= 15 is 0 Å². The SMILES string of the molecule is CC.CC.CC(C)c1cc(-c2ccccc2)cc(C(C)C)c1-n1ccnc1-c1ccccc1CC(C)(C)c1ccccc1-c1nccn1C. The Morgan fingerprint density at radius 1 is 0.612 bits per heavy atom. The smallest absolute Gasteiger partial charge is 0.144 e. The Kier molecular flexibility index (Phi) is 12.6. The van der Waals surface area contributed by atoms with Gasteiger partial charge in [-0.05, 0) is 69.2 Å². The molecule has 0 radical (unpaired) electrons. The molecule has 0 amide bonds. The number of benzene rings is 4. The van der Waals surface area contributed by atoms with Gasteiger partial charge in [-0.25, -0.2) is 9.97 Å². The molecule has 0 bridgehead atoms. The quantitative estimate of drug-likeness (QED) is 0.156. The normalized spacial score (nSPS) is 11.2. The topological polar surface area (TPSA) is 35.6 Å². The number of rotatable bonds is 9. The second-order valence-corrected chi connectivity index (χ2v) is 13.4. The van der Waals surface area contributed by atoms with Gasteiger partial charge in [0.05, 0.1) is 5.69 Å². The number of imidazole rings is 2. The summed E-state index contributed by atoms with van der Waals surface area (Å²) in [6, 6.07) is 33.0. The van der Waals surface area contributed by atoms with Crippen LogP contribution >= 0.6 is 0 Å². The minimum Gasteiger partial charge on any atom is -0.334 e. The number of nitrogens with zero attached hydrogens (tertiary/aromatic N) is 4. The average Bonchev–Trinajstić information content (AvgIpc) is 3.79. The molecule has 256 valence electrons. The third-order valence-electron chi connectivity index (χ3n) is 9.01. The molecule has 0 fully saturated rings. The fourth-order valence-corrected chi connectivity index (χ4v) is 6.68. The lowest BCUT2D eigenvalue weighted by Gasteiger charge is -2.29. The zero-order valence-electron chi connectivity index (χ0n) is 31.6. The standard InChI is InChI=1S/C41H44N4.2C2H6/c1-28(2)35-25-32(30-15-9-8-10-16-30)26-36(29(3)4)38(35)45-24-22-43-40(45)33-18-12-11-17-31(33)27-41(5,6)37-20-14-13-19-34(37)39-42-21-23-44(39)7;2*1-2/h8-26,28-29H,27H2,1-7H3;2*1-2H3.